The number of amides is 1. The number of carbonyl (C=O) groups excluding carboxylic acids is 1. The molecule has 0 N–H and O–H groups in total. The summed E-state index contributed by atoms with van der Waals surface area (Å²) in [6, 6.07) is 1.52. The summed E-state index contributed by atoms with van der Waals surface area (Å²) in [6.45, 7) is -0.245. The summed E-state index contributed by atoms with van der Waals surface area (Å²) in [5.74, 6) is -0.257. The Labute approximate surface area is 116 Å². The van der Waals surface area contributed by atoms with Gasteiger partial charge in [0.2, 0.25) is 5.91 Å². The van der Waals surface area contributed by atoms with E-state index in [9.17, 15) is 17.1 Å². The Kier molecular flexibility index (Phi) is 3.61. The van der Waals surface area contributed by atoms with E-state index in [1.807, 2.05) is 0 Å². The van der Waals surface area contributed by atoms with Crippen molar-refractivity contribution < 1.29 is 17.1 Å². The van der Waals surface area contributed by atoms with Crippen molar-refractivity contribution in [3.63, 3.8) is 0 Å². The van der Waals surface area contributed by atoms with Gasteiger partial charge in [0, 0.05) is 19.2 Å². The van der Waals surface area contributed by atoms with E-state index < -0.39 is 21.4 Å². The molecule has 1 aromatic heterocycles. The molecule has 1 fully saturated rings. The zero-order valence-corrected chi connectivity index (χ0v) is 12.0. The standard InChI is InChI=1S/C9H7BrClFN2O3S/c10-7-1-5(11)3-13-9(7)14-4-6(2-8(14)15)18(12,16)17/h1,3,6H,2,4H2. The minimum atomic E-state index is -4.73. The van der Waals surface area contributed by atoms with Crippen LogP contribution in [0.25, 0.3) is 0 Å². The van der Waals surface area contributed by atoms with Crippen LogP contribution in [-0.4, -0.2) is 31.1 Å². The van der Waals surface area contributed by atoms with E-state index in [0.29, 0.717) is 9.50 Å². The minimum Gasteiger partial charge on any atom is -0.294 e. The lowest BCUT2D eigenvalue weighted by Crippen LogP contribution is -2.28. The molecule has 18 heavy (non-hydrogen) atoms. The molecule has 1 aromatic rings. The SMILES string of the molecule is O=C1CC(S(=O)(=O)F)CN1c1ncc(Cl)cc1Br. The van der Waals surface area contributed by atoms with Crippen molar-refractivity contribution in [3.8, 4) is 0 Å². The molecule has 1 aliphatic heterocycles. The van der Waals surface area contributed by atoms with Crippen molar-refractivity contribution in [2.24, 2.45) is 0 Å². The highest BCUT2D eigenvalue weighted by Gasteiger charge is 2.40. The largest absolute Gasteiger partial charge is 0.307 e. The second-order valence-electron chi connectivity index (χ2n) is 3.77. The molecule has 1 atom stereocenters. The number of rotatable bonds is 2. The zero-order chi connectivity index (χ0) is 13.5. The first-order valence-corrected chi connectivity index (χ1v) is 7.45. The average Bonchev–Trinajstić information content (AvgIpc) is 2.60. The normalized spacial score (nSPS) is 20.5. The Bertz CT molecular complexity index is 610. The van der Waals surface area contributed by atoms with Gasteiger partial charge >= 0.3 is 10.2 Å². The van der Waals surface area contributed by atoms with Gasteiger partial charge in [0.25, 0.3) is 0 Å². The smallest absolute Gasteiger partial charge is 0.294 e. The first-order chi connectivity index (χ1) is 8.29. The molecule has 1 unspecified atom stereocenters. The molecular formula is C9H7BrClFN2O3S. The first-order valence-electron chi connectivity index (χ1n) is 4.84. The van der Waals surface area contributed by atoms with Gasteiger partial charge in [0.05, 0.1) is 9.50 Å². The monoisotopic (exact) mass is 356 g/mol. The summed E-state index contributed by atoms with van der Waals surface area (Å²) < 4.78 is 34.9. The summed E-state index contributed by atoms with van der Waals surface area (Å²) in [5.41, 5.74) is 0. The number of carbonyl (C=O) groups is 1. The molecule has 1 saturated heterocycles. The lowest BCUT2D eigenvalue weighted by molar-refractivity contribution is -0.117. The maximum absolute atomic E-state index is 12.9. The number of nitrogens with zero attached hydrogens (tertiary/aromatic N) is 2. The van der Waals surface area contributed by atoms with Crippen LogP contribution in [0.5, 0.6) is 0 Å². The van der Waals surface area contributed by atoms with Crippen LogP contribution in [0.1, 0.15) is 6.42 Å². The topological polar surface area (TPSA) is 67.3 Å². The van der Waals surface area contributed by atoms with Gasteiger partial charge in [-0.05, 0) is 22.0 Å². The highest BCUT2D eigenvalue weighted by atomic mass is 79.9. The van der Waals surface area contributed by atoms with Crippen LogP contribution in [0.4, 0.5) is 9.70 Å². The van der Waals surface area contributed by atoms with Crippen molar-refractivity contribution in [2.45, 2.75) is 11.7 Å². The van der Waals surface area contributed by atoms with E-state index in [1.165, 1.54) is 12.3 Å². The Morgan fingerprint density at radius 3 is 2.72 bits per heavy atom. The Hall–Kier alpha value is -0.730. The Balaban J connectivity index is 2.33. The molecule has 2 heterocycles. The van der Waals surface area contributed by atoms with E-state index in [4.69, 9.17) is 11.6 Å². The second-order valence-corrected chi connectivity index (χ2v) is 6.67. The predicted molar refractivity (Wildman–Crippen MR) is 67.7 cm³/mol. The lowest BCUT2D eigenvalue weighted by atomic mass is 10.4. The van der Waals surface area contributed by atoms with E-state index in [0.717, 1.165) is 4.90 Å². The molecule has 9 heteroatoms. The van der Waals surface area contributed by atoms with Gasteiger partial charge in [-0.15, -0.1) is 3.89 Å². The van der Waals surface area contributed by atoms with E-state index in [1.54, 1.807) is 0 Å². The van der Waals surface area contributed by atoms with Crippen LogP contribution >= 0.6 is 27.5 Å². The third-order valence-corrected chi connectivity index (χ3v) is 4.43. The third-order valence-electron chi connectivity index (χ3n) is 2.53. The average molecular weight is 358 g/mol. The van der Waals surface area contributed by atoms with Gasteiger partial charge in [0.1, 0.15) is 11.1 Å². The van der Waals surface area contributed by atoms with Crippen molar-refractivity contribution in [1.29, 1.82) is 0 Å². The summed E-state index contributed by atoms with van der Waals surface area (Å²) in [5, 5.41) is -0.971. The first kappa shape index (κ1) is 13.7. The molecule has 1 aliphatic rings. The number of anilines is 1. The van der Waals surface area contributed by atoms with E-state index in [-0.39, 0.29) is 18.8 Å². The van der Waals surface area contributed by atoms with Crippen LogP contribution in [-0.2, 0) is 15.0 Å². The lowest BCUT2D eigenvalue weighted by Gasteiger charge is -2.16. The fourth-order valence-corrected chi connectivity index (χ4v) is 3.20. The molecule has 0 radical (unpaired) electrons. The van der Waals surface area contributed by atoms with Crippen molar-refractivity contribution >= 4 is 49.5 Å². The number of hydrogen-bond donors (Lipinski definition) is 0. The maximum Gasteiger partial charge on any atom is 0.307 e. The summed E-state index contributed by atoms with van der Waals surface area (Å²) in [4.78, 5) is 16.7. The molecule has 98 valence electrons. The molecule has 0 bridgehead atoms. The second kappa shape index (κ2) is 4.75. The molecule has 0 spiro atoms. The van der Waals surface area contributed by atoms with Gasteiger partial charge in [-0.2, -0.15) is 8.42 Å². The van der Waals surface area contributed by atoms with Crippen LogP contribution in [0.15, 0.2) is 16.7 Å². The molecule has 5 nitrogen and oxygen atoms in total. The fourth-order valence-electron chi connectivity index (χ4n) is 1.67. The van der Waals surface area contributed by atoms with Crippen molar-refractivity contribution in [3.05, 3.63) is 21.8 Å². The highest BCUT2D eigenvalue weighted by molar-refractivity contribution is 9.10. The van der Waals surface area contributed by atoms with Gasteiger partial charge in [0.15, 0.2) is 0 Å². The number of aromatic nitrogens is 1. The fraction of sp³-hybridized carbons (Fsp3) is 0.333. The number of halogens is 3. The van der Waals surface area contributed by atoms with Crippen LogP contribution in [0, 0.1) is 0 Å². The Morgan fingerprint density at radius 1 is 1.56 bits per heavy atom. The molecule has 2 rings (SSSR count). The summed E-state index contributed by atoms with van der Waals surface area (Å²) in [7, 11) is -4.73. The zero-order valence-electron chi connectivity index (χ0n) is 8.81. The van der Waals surface area contributed by atoms with Crippen molar-refractivity contribution in [2.75, 3.05) is 11.4 Å². The molecule has 0 saturated carbocycles. The summed E-state index contributed by atoms with van der Waals surface area (Å²) in [6.07, 6.45) is 0.946. The molecule has 1 amide bonds. The van der Waals surface area contributed by atoms with Gasteiger partial charge in [-0.1, -0.05) is 11.6 Å². The third kappa shape index (κ3) is 2.65. The van der Waals surface area contributed by atoms with Crippen LogP contribution in [0.3, 0.4) is 0 Å². The molecule has 0 aromatic carbocycles. The van der Waals surface area contributed by atoms with Gasteiger partial charge in [-0.3, -0.25) is 9.69 Å². The van der Waals surface area contributed by atoms with Gasteiger partial charge < -0.3 is 0 Å². The highest BCUT2D eigenvalue weighted by Crippen LogP contribution is 2.31. The molecule has 0 aliphatic carbocycles. The maximum atomic E-state index is 12.9. The molecular weight excluding hydrogens is 351 g/mol. The van der Waals surface area contributed by atoms with Crippen molar-refractivity contribution in [1.82, 2.24) is 4.98 Å². The summed E-state index contributed by atoms with van der Waals surface area (Å²) >= 11 is 8.88. The number of hydrogen-bond acceptors (Lipinski definition) is 4. The van der Waals surface area contributed by atoms with E-state index in [2.05, 4.69) is 20.9 Å². The van der Waals surface area contributed by atoms with E-state index >= 15 is 0 Å². The predicted octanol–water partition coefficient (Wildman–Crippen LogP) is 1.90. The van der Waals surface area contributed by atoms with Gasteiger partial charge in [-0.25, -0.2) is 4.98 Å². The number of pyridine rings is 1. The van der Waals surface area contributed by atoms with Crippen LogP contribution in [0.2, 0.25) is 5.02 Å². The quantitative estimate of drug-likeness (QED) is 0.758. The Morgan fingerprint density at radius 2 is 2.22 bits per heavy atom. The minimum absolute atomic E-state index is 0.232. The van der Waals surface area contributed by atoms with Crippen LogP contribution < -0.4 is 4.90 Å².